The maximum Gasteiger partial charge on any atom is 0.405 e. The summed E-state index contributed by atoms with van der Waals surface area (Å²) in [5.74, 6) is -2.67. The second-order valence-electron chi connectivity index (χ2n) is 4.55. The maximum absolute atomic E-state index is 12.1. The average molecular weight is 376 g/mol. The highest BCUT2D eigenvalue weighted by atomic mass is 32.1. The minimum atomic E-state index is -4.58. The number of ketones is 1. The third kappa shape index (κ3) is 5.17. The number of rotatable bonds is 5. The highest BCUT2D eigenvalue weighted by Gasteiger charge is 2.29. The predicted molar refractivity (Wildman–Crippen MR) is 83.0 cm³/mol. The van der Waals surface area contributed by atoms with Crippen molar-refractivity contribution in [1.82, 2.24) is 10.6 Å². The van der Waals surface area contributed by atoms with Gasteiger partial charge in [-0.05, 0) is 23.6 Å². The third-order valence-electron chi connectivity index (χ3n) is 2.71. The van der Waals surface area contributed by atoms with Gasteiger partial charge >= 0.3 is 18.0 Å². The lowest BCUT2D eigenvalue weighted by Gasteiger charge is -2.08. The Morgan fingerprint density at radius 2 is 1.71 bits per heavy atom. The molecule has 0 saturated heterocycles. The summed E-state index contributed by atoms with van der Waals surface area (Å²) in [7, 11) is 0. The number of hydrogen-bond acceptors (Lipinski definition) is 5. The van der Waals surface area contributed by atoms with Crippen molar-refractivity contribution in [2.75, 3.05) is 6.54 Å². The molecular formula is C14H11F3N2O3S2. The van der Waals surface area contributed by atoms with Crippen LogP contribution in [0.2, 0.25) is 0 Å². The molecule has 2 rings (SSSR count). The first-order valence-corrected chi connectivity index (χ1v) is 8.25. The van der Waals surface area contributed by atoms with Gasteiger partial charge in [-0.15, -0.1) is 22.7 Å². The fourth-order valence-electron chi connectivity index (χ4n) is 1.63. The Labute approximate surface area is 142 Å². The predicted octanol–water partition coefficient (Wildman–Crippen LogP) is 2.34. The summed E-state index contributed by atoms with van der Waals surface area (Å²) in [4.78, 5) is 36.4. The van der Waals surface area contributed by atoms with Crippen LogP contribution in [-0.2, 0) is 16.1 Å². The van der Waals surface area contributed by atoms with E-state index in [4.69, 9.17) is 0 Å². The van der Waals surface area contributed by atoms with Gasteiger partial charge < -0.3 is 10.6 Å². The molecule has 2 amide bonds. The number of hydrogen-bond donors (Lipinski definition) is 2. The molecule has 10 heteroatoms. The number of nitrogens with one attached hydrogen (secondary N) is 2. The van der Waals surface area contributed by atoms with Gasteiger partial charge in [-0.1, -0.05) is 6.07 Å². The standard InChI is InChI=1S/C14H11F3N2O3S2/c15-14(16,17)7-19-13(22)12(21)18-6-8-3-4-10(24-8)11(20)9-2-1-5-23-9/h1-5H,6-7H2,(H,18,21)(H,19,22). The smallest absolute Gasteiger partial charge is 0.343 e. The minimum Gasteiger partial charge on any atom is -0.343 e. The monoisotopic (exact) mass is 376 g/mol. The second-order valence-corrected chi connectivity index (χ2v) is 6.67. The van der Waals surface area contributed by atoms with Crippen molar-refractivity contribution >= 4 is 40.3 Å². The number of alkyl halides is 3. The van der Waals surface area contributed by atoms with E-state index in [0.29, 0.717) is 14.6 Å². The molecule has 0 bridgehead atoms. The van der Waals surface area contributed by atoms with Crippen molar-refractivity contribution in [1.29, 1.82) is 0 Å². The van der Waals surface area contributed by atoms with Crippen LogP contribution in [0.1, 0.15) is 19.4 Å². The van der Waals surface area contributed by atoms with E-state index in [9.17, 15) is 27.6 Å². The fourth-order valence-corrected chi connectivity index (χ4v) is 3.28. The van der Waals surface area contributed by atoms with Gasteiger partial charge in [-0.3, -0.25) is 14.4 Å². The average Bonchev–Trinajstić information content (AvgIpc) is 3.20. The lowest BCUT2D eigenvalue weighted by Crippen LogP contribution is -2.43. The molecule has 0 spiro atoms. The Kier molecular flexibility index (Phi) is 5.73. The van der Waals surface area contributed by atoms with Crippen LogP contribution in [0.15, 0.2) is 29.6 Å². The van der Waals surface area contributed by atoms with Crippen LogP contribution >= 0.6 is 22.7 Å². The van der Waals surface area contributed by atoms with E-state index < -0.39 is 24.5 Å². The third-order valence-corrected chi connectivity index (χ3v) is 4.66. The van der Waals surface area contributed by atoms with Gasteiger partial charge in [0.05, 0.1) is 16.3 Å². The minimum absolute atomic E-state index is 0.0549. The van der Waals surface area contributed by atoms with Crippen LogP contribution in [0.25, 0.3) is 0 Å². The Bertz CT molecular complexity index is 739. The van der Waals surface area contributed by atoms with Gasteiger partial charge in [0.2, 0.25) is 5.78 Å². The first kappa shape index (κ1) is 18.1. The van der Waals surface area contributed by atoms with Gasteiger partial charge in [0.15, 0.2) is 0 Å². The summed E-state index contributed by atoms with van der Waals surface area (Å²) in [6.45, 7) is -1.63. The van der Waals surface area contributed by atoms with Gasteiger partial charge in [-0.2, -0.15) is 13.2 Å². The number of carbonyl (C=O) groups is 3. The molecule has 0 aromatic carbocycles. The van der Waals surface area contributed by atoms with Crippen molar-refractivity contribution in [2.45, 2.75) is 12.7 Å². The van der Waals surface area contributed by atoms with Crippen LogP contribution in [0, 0.1) is 0 Å². The molecule has 24 heavy (non-hydrogen) atoms. The van der Waals surface area contributed by atoms with Crippen molar-refractivity contribution in [3.05, 3.63) is 44.3 Å². The largest absolute Gasteiger partial charge is 0.405 e. The Morgan fingerprint density at radius 3 is 2.33 bits per heavy atom. The highest BCUT2D eigenvalue weighted by Crippen LogP contribution is 2.22. The van der Waals surface area contributed by atoms with E-state index in [-0.39, 0.29) is 12.3 Å². The van der Waals surface area contributed by atoms with Gasteiger partial charge in [0, 0.05) is 4.88 Å². The van der Waals surface area contributed by atoms with Crippen LogP contribution in [-0.4, -0.2) is 30.3 Å². The number of carbonyl (C=O) groups excluding carboxylic acids is 3. The van der Waals surface area contributed by atoms with Crippen molar-refractivity contribution in [3.63, 3.8) is 0 Å². The van der Waals surface area contributed by atoms with Gasteiger partial charge in [0.25, 0.3) is 0 Å². The molecule has 0 aliphatic rings. The van der Waals surface area contributed by atoms with Crippen molar-refractivity contribution < 1.29 is 27.6 Å². The molecule has 0 aliphatic heterocycles. The van der Waals surface area contributed by atoms with E-state index in [1.807, 2.05) is 0 Å². The van der Waals surface area contributed by atoms with Gasteiger partial charge in [0.1, 0.15) is 6.54 Å². The highest BCUT2D eigenvalue weighted by molar-refractivity contribution is 7.16. The summed E-state index contributed by atoms with van der Waals surface area (Å²) in [6, 6.07) is 6.66. The quantitative estimate of drug-likeness (QED) is 0.621. The fraction of sp³-hybridized carbons (Fsp3) is 0.214. The number of halogens is 3. The Balaban J connectivity index is 1.85. The summed E-state index contributed by atoms with van der Waals surface area (Å²) in [6.07, 6.45) is -4.58. The normalized spacial score (nSPS) is 11.1. The second kappa shape index (κ2) is 7.58. The summed E-state index contributed by atoms with van der Waals surface area (Å²) < 4.78 is 35.8. The summed E-state index contributed by atoms with van der Waals surface area (Å²) in [5, 5.41) is 5.46. The first-order valence-electron chi connectivity index (χ1n) is 6.56. The molecule has 5 nitrogen and oxygen atoms in total. The zero-order chi connectivity index (χ0) is 17.7. The summed E-state index contributed by atoms with van der Waals surface area (Å²) >= 11 is 2.45. The maximum atomic E-state index is 12.1. The zero-order valence-corrected chi connectivity index (χ0v) is 13.6. The molecule has 2 aromatic rings. The summed E-state index contributed by atoms with van der Waals surface area (Å²) in [5.41, 5.74) is 0. The molecule has 0 radical (unpaired) electrons. The number of thiophene rings is 2. The van der Waals surface area contributed by atoms with Crippen LogP contribution in [0.3, 0.4) is 0 Å². The van der Waals surface area contributed by atoms with Gasteiger partial charge in [-0.25, -0.2) is 0 Å². The molecule has 0 fully saturated rings. The molecule has 0 atom stereocenters. The molecule has 2 N–H and O–H groups in total. The first-order chi connectivity index (χ1) is 11.3. The van der Waals surface area contributed by atoms with E-state index in [1.54, 1.807) is 29.6 Å². The van der Waals surface area contributed by atoms with E-state index in [0.717, 1.165) is 11.3 Å². The van der Waals surface area contributed by atoms with Crippen molar-refractivity contribution in [3.8, 4) is 0 Å². The molecule has 2 heterocycles. The molecule has 128 valence electrons. The molecule has 0 aliphatic carbocycles. The van der Waals surface area contributed by atoms with Crippen molar-refractivity contribution in [2.24, 2.45) is 0 Å². The molecule has 0 saturated carbocycles. The molecule has 0 unspecified atom stereocenters. The topological polar surface area (TPSA) is 75.3 Å². The van der Waals surface area contributed by atoms with E-state index in [2.05, 4.69) is 5.32 Å². The van der Waals surface area contributed by atoms with E-state index in [1.165, 1.54) is 16.7 Å². The zero-order valence-electron chi connectivity index (χ0n) is 12.0. The lowest BCUT2D eigenvalue weighted by molar-refractivity contribution is -0.146. The molecular weight excluding hydrogens is 365 g/mol. The Morgan fingerprint density at radius 1 is 1.00 bits per heavy atom. The van der Waals surface area contributed by atoms with Crippen LogP contribution < -0.4 is 10.6 Å². The Hall–Kier alpha value is -2.20. The molecule has 2 aromatic heterocycles. The number of amides is 2. The van der Waals surface area contributed by atoms with Crippen LogP contribution in [0.4, 0.5) is 13.2 Å². The van der Waals surface area contributed by atoms with E-state index >= 15 is 0 Å². The van der Waals surface area contributed by atoms with Crippen LogP contribution in [0.5, 0.6) is 0 Å². The lowest BCUT2D eigenvalue weighted by atomic mass is 10.3. The SMILES string of the molecule is O=C(NCc1ccc(C(=O)c2cccs2)s1)C(=O)NCC(F)(F)F.